The Morgan fingerprint density at radius 2 is 0.571 bits per heavy atom. The summed E-state index contributed by atoms with van der Waals surface area (Å²) < 4.78 is 5.54. The van der Waals surface area contributed by atoms with Gasteiger partial charge in [-0.3, -0.25) is 0 Å². The van der Waals surface area contributed by atoms with Gasteiger partial charge in [0.2, 0.25) is 0 Å². The van der Waals surface area contributed by atoms with E-state index in [2.05, 4.69) is 48.5 Å². The van der Waals surface area contributed by atoms with Gasteiger partial charge in [0.1, 0.15) is 91.6 Å². The molecule has 4 bridgehead atoms. The van der Waals surface area contributed by atoms with Crippen LogP contribution >= 0.6 is 0 Å². The molecule has 2 aromatic carbocycles. The van der Waals surface area contributed by atoms with E-state index >= 15 is 0 Å². The van der Waals surface area contributed by atoms with Crippen LogP contribution in [-0.2, 0) is 13.1 Å². The first-order valence-electron chi connectivity index (χ1n) is 18.2. The van der Waals surface area contributed by atoms with Crippen molar-refractivity contribution < 1.29 is 17.9 Å². The van der Waals surface area contributed by atoms with Crippen molar-refractivity contribution >= 4 is 0 Å². The normalized spacial score (nSPS) is 36.4. The van der Waals surface area contributed by atoms with Crippen LogP contribution in [0.3, 0.4) is 0 Å². The van der Waals surface area contributed by atoms with Gasteiger partial charge in [-0.15, -0.1) is 0 Å². The Morgan fingerprint density at radius 1 is 0.286 bits per heavy atom. The van der Waals surface area contributed by atoms with Gasteiger partial charge in [0.15, 0.2) is 0 Å². The second-order valence-electron chi connectivity index (χ2n) is 15.7. The molecule has 0 aromatic heterocycles. The minimum Gasteiger partial charge on any atom is -0.310 e. The maximum atomic E-state index is 2.47. The summed E-state index contributed by atoms with van der Waals surface area (Å²) in [4.78, 5) is 0. The first-order valence-corrected chi connectivity index (χ1v) is 18.2. The Balaban J connectivity index is 1.12. The standard InChI is InChI=1S/C38H60N4/c1-2-4-6-8-14-20-40-24-30-42(31-25-40,32-26-40)34-36-16-10-12-18-38(36)37-17-11-9-15-35(37)33-41-27-21-39(22-28-41,23-29-41)19-13-7-5-3-1/h9-12,15-18H,1-8,13-14,19-34H2/q+4. The van der Waals surface area contributed by atoms with E-state index in [-0.39, 0.29) is 0 Å². The fraction of sp³-hybridized carbons (Fsp3) is 0.684. The topological polar surface area (TPSA) is 0 Å². The highest BCUT2D eigenvalue weighted by atomic mass is 15.5. The molecule has 228 valence electrons. The predicted octanol–water partition coefficient (Wildman–Crippen LogP) is 6.59. The molecule has 0 aliphatic carbocycles. The van der Waals surface area contributed by atoms with E-state index in [1.54, 1.807) is 11.1 Å². The smallest absolute Gasteiger partial charge is 0.129 e. The molecule has 11 heterocycles. The van der Waals surface area contributed by atoms with Crippen LogP contribution in [0.5, 0.6) is 0 Å². The molecule has 0 saturated carbocycles. The zero-order chi connectivity index (χ0) is 28.4. The first kappa shape index (κ1) is 29.0. The molecule has 0 amide bonds. The van der Waals surface area contributed by atoms with Gasteiger partial charge in [-0.2, -0.15) is 0 Å². The molecule has 0 radical (unpaired) electrons. The second-order valence-corrected chi connectivity index (χ2v) is 15.7. The Morgan fingerprint density at radius 3 is 0.929 bits per heavy atom. The Hall–Kier alpha value is -1.72. The van der Waals surface area contributed by atoms with Crippen molar-refractivity contribution in [2.45, 2.75) is 77.3 Å². The highest BCUT2D eigenvalue weighted by Gasteiger charge is 2.50. The van der Waals surface area contributed by atoms with Gasteiger partial charge in [-0.1, -0.05) is 87.1 Å². The van der Waals surface area contributed by atoms with Gasteiger partial charge in [-0.05, 0) is 36.8 Å². The Labute approximate surface area is 257 Å². The summed E-state index contributed by atoms with van der Waals surface area (Å²) >= 11 is 0. The average molecular weight is 573 g/mol. The lowest BCUT2D eigenvalue weighted by Crippen LogP contribution is -2.74. The molecule has 0 N–H and O–H groups in total. The second kappa shape index (κ2) is 12.3. The van der Waals surface area contributed by atoms with Crippen LogP contribution in [0.25, 0.3) is 11.1 Å². The third-order valence-electron chi connectivity index (χ3n) is 13.1. The molecule has 0 unspecified atom stereocenters. The van der Waals surface area contributed by atoms with Gasteiger partial charge >= 0.3 is 0 Å². The average Bonchev–Trinajstić information content (AvgIpc) is 3.04. The van der Waals surface area contributed by atoms with Crippen LogP contribution in [-0.4, -0.2) is 110 Å². The van der Waals surface area contributed by atoms with E-state index in [0.29, 0.717) is 0 Å². The largest absolute Gasteiger partial charge is 0.310 e. The third kappa shape index (κ3) is 6.11. The molecule has 0 atom stereocenters. The van der Waals surface area contributed by atoms with E-state index in [0.717, 1.165) is 0 Å². The monoisotopic (exact) mass is 572 g/mol. The Bertz CT molecular complexity index is 1060. The van der Waals surface area contributed by atoms with Crippen molar-refractivity contribution in [1.29, 1.82) is 0 Å². The quantitative estimate of drug-likeness (QED) is 0.313. The van der Waals surface area contributed by atoms with Crippen molar-refractivity contribution in [1.82, 2.24) is 0 Å². The molecule has 6 saturated heterocycles. The van der Waals surface area contributed by atoms with Crippen LogP contribution in [0.4, 0.5) is 0 Å². The molecule has 13 rings (SSSR count). The minimum atomic E-state index is 1.23. The summed E-state index contributed by atoms with van der Waals surface area (Å²) in [6.07, 6.45) is 14.7. The number of hydrogen-bond acceptors (Lipinski definition) is 0. The van der Waals surface area contributed by atoms with Gasteiger partial charge in [0.25, 0.3) is 0 Å². The van der Waals surface area contributed by atoms with Gasteiger partial charge in [0, 0.05) is 11.1 Å². The SMILES string of the molecule is c1ccc2c(c1)C[N+]13CC[N+](CCCCCCCCCCCC[N+]45CC[N+](CC4)(CC5)Cc4ccccc4-2)(CC1)CC3. The van der Waals surface area contributed by atoms with Crippen molar-refractivity contribution in [3.05, 3.63) is 59.7 Å². The fourth-order valence-corrected chi connectivity index (χ4v) is 9.91. The third-order valence-corrected chi connectivity index (χ3v) is 13.1. The maximum Gasteiger partial charge on any atom is 0.129 e. The summed E-state index contributed by atoms with van der Waals surface area (Å²) in [5, 5.41) is 0. The molecule has 4 heteroatoms. The highest BCUT2D eigenvalue weighted by Crippen LogP contribution is 2.36. The van der Waals surface area contributed by atoms with Crippen LogP contribution in [0.2, 0.25) is 0 Å². The van der Waals surface area contributed by atoms with Crippen molar-refractivity contribution in [3.8, 4) is 11.1 Å². The van der Waals surface area contributed by atoms with E-state index in [1.165, 1.54) is 198 Å². The number of quaternary nitrogens is 4. The molecule has 2 aromatic rings. The summed E-state index contributed by atoms with van der Waals surface area (Å²) in [6.45, 7) is 22.2. The van der Waals surface area contributed by atoms with E-state index < -0.39 is 0 Å². The lowest BCUT2D eigenvalue weighted by Gasteiger charge is -2.56. The zero-order valence-electron chi connectivity index (χ0n) is 26.8. The molecule has 11 aliphatic heterocycles. The molecular formula is C38H60N4+4. The highest BCUT2D eigenvalue weighted by molar-refractivity contribution is 5.70. The number of piperazine rings is 6. The van der Waals surface area contributed by atoms with Crippen molar-refractivity contribution in [3.63, 3.8) is 0 Å². The molecule has 0 spiro atoms. The first-order chi connectivity index (χ1) is 20.6. The van der Waals surface area contributed by atoms with Crippen LogP contribution < -0.4 is 0 Å². The van der Waals surface area contributed by atoms with Gasteiger partial charge < -0.3 is 17.9 Å². The number of nitrogens with zero attached hydrogens (tertiary/aromatic N) is 4. The predicted molar refractivity (Wildman–Crippen MR) is 175 cm³/mol. The number of benzene rings is 2. The van der Waals surface area contributed by atoms with Gasteiger partial charge in [0.05, 0.1) is 13.1 Å². The summed E-state index contributed by atoms with van der Waals surface area (Å²) in [7, 11) is 0. The van der Waals surface area contributed by atoms with E-state index in [9.17, 15) is 0 Å². The summed E-state index contributed by atoms with van der Waals surface area (Å²) in [5.41, 5.74) is 6.25. The molecule has 11 aliphatic rings. The number of hydrogen-bond donors (Lipinski definition) is 0. The van der Waals surface area contributed by atoms with Crippen LogP contribution in [0.1, 0.15) is 75.3 Å². The lowest BCUT2D eigenvalue weighted by atomic mass is 9.92. The number of rotatable bonds is 0. The fourth-order valence-electron chi connectivity index (χ4n) is 9.91. The van der Waals surface area contributed by atoms with Gasteiger partial charge in [-0.25, -0.2) is 0 Å². The lowest BCUT2D eigenvalue weighted by molar-refractivity contribution is -1.09. The van der Waals surface area contributed by atoms with Crippen LogP contribution in [0.15, 0.2) is 48.5 Å². The van der Waals surface area contributed by atoms with Crippen LogP contribution in [0, 0.1) is 0 Å². The molecule has 42 heavy (non-hydrogen) atoms. The summed E-state index contributed by atoms with van der Waals surface area (Å²) in [5.74, 6) is 0. The van der Waals surface area contributed by atoms with E-state index in [1.807, 2.05) is 0 Å². The zero-order valence-corrected chi connectivity index (χ0v) is 26.8. The molecular weight excluding hydrogens is 512 g/mol. The maximum absolute atomic E-state index is 2.47. The van der Waals surface area contributed by atoms with Crippen molar-refractivity contribution in [2.24, 2.45) is 0 Å². The van der Waals surface area contributed by atoms with E-state index in [4.69, 9.17) is 0 Å². The molecule has 6 fully saturated rings. The summed E-state index contributed by atoms with van der Waals surface area (Å²) in [6, 6.07) is 19.0. The van der Waals surface area contributed by atoms with Crippen molar-refractivity contribution in [2.75, 3.05) is 91.6 Å². The minimum absolute atomic E-state index is 1.23. The Kier molecular flexibility index (Phi) is 8.53. The molecule has 4 nitrogen and oxygen atoms in total.